The lowest BCUT2D eigenvalue weighted by atomic mass is 10.2. The summed E-state index contributed by atoms with van der Waals surface area (Å²) in [5, 5.41) is 11.1. The van der Waals surface area contributed by atoms with Crippen molar-refractivity contribution in [1.82, 2.24) is 25.0 Å². The lowest BCUT2D eigenvalue weighted by Crippen LogP contribution is -2.44. The topological polar surface area (TPSA) is 89.3 Å². The summed E-state index contributed by atoms with van der Waals surface area (Å²) in [5.74, 6) is 1.39. The van der Waals surface area contributed by atoms with Crippen LogP contribution in [0.2, 0.25) is 0 Å². The Morgan fingerprint density at radius 2 is 2.08 bits per heavy atom. The van der Waals surface area contributed by atoms with Gasteiger partial charge in [0.05, 0.1) is 13.1 Å². The number of nitrogens with one attached hydrogen (secondary N) is 1. The molecule has 1 atom stereocenters. The molecule has 2 fully saturated rings. The molecule has 132 valence electrons. The van der Waals surface area contributed by atoms with E-state index in [1.165, 1.54) is 0 Å². The van der Waals surface area contributed by atoms with Crippen LogP contribution in [0.25, 0.3) is 0 Å². The van der Waals surface area contributed by atoms with Crippen LogP contribution in [-0.4, -0.2) is 57.8 Å². The minimum absolute atomic E-state index is 0.0647. The molecular formula is C16H25N5O3. The number of methoxy groups -OCH3 is 1. The summed E-state index contributed by atoms with van der Waals surface area (Å²) in [6, 6.07) is 0.474. The van der Waals surface area contributed by atoms with E-state index >= 15 is 0 Å². The summed E-state index contributed by atoms with van der Waals surface area (Å²) >= 11 is 0. The Morgan fingerprint density at radius 3 is 2.79 bits per heavy atom. The molecule has 24 heavy (non-hydrogen) atoms. The summed E-state index contributed by atoms with van der Waals surface area (Å²) in [6.45, 7) is 2.93. The van der Waals surface area contributed by atoms with Crippen LogP contribution in [0.3, 0.4) is 0 Å². The van der Waals surface area contributed by atoms with E-state index in [-0.39, 0.29) is 18.4 Å². The fourth-order valence-electron chi connectivity index (χ4n) is 3.19. The van der Waals surface area contributed by atoms with E-state index in [0.29, 0.717) is 19.1 Å². The summed E-state index contributed by atoms with van der Waals surface area (Å²) in [6.07, 6.45) is 4.40. The van der Waals surface area contributed by atoms with Gasteiger partial charge < -0.3 is 19.5 Å². The molecule has 2 heterocycles. The Bertz CT molecular complexity index is 611. The van der Waals surface area contributed by atoms with Crippen LogP contribution in [0.15, 0.2) is 0 Å². The molecule has 1 aliphatic heterocycles. The first kappa shape index (κ1) is 16.9. The number of aryl methyl sites for hydroxylation is 1. The van der Waals surface area contributed by atoms with Crippen molar-refractivity contribution < 1.29 is 14.3 Å². The molecule has 1 saturated heterocycles. The van der Waals surface area contributed by atoms with Crippen LogP contribution in [0.5, 0.6) is 0 Å². The van der Waals surface area contributed by atoms with E-state index in [2.05, 4.69) is 20.1 Å². The molecular weight excluding hydrogens is 310 g/mol. The molecule has 0 radical (unpaired) electrons. The number of ether oxygens (including phenoxy) is 1. The zero-order chi connectivity index (χ0) is 17.1. The third-order valence-corrected chi connectivity index (χ3v) is 4.64. The third-order valence-electron chi connectivity index (χ3n) is 4.64. The lowest BCUT2D eigenvalue weighted by Gasteiger charge is -2.23. The van der Waals surface area contributed by atoms with Crippen molar-refractivity contribution in [2.24, 2.45) is 0 Å². The average Bonchev–Trinajstić information content (AvgIpc) is 3.35. The smallest absolute Gasteiger partial charge is 0.252 e. The molecule has 1 aromatic rings. The second kappa shape index (κ2) is 7.29. The van der Waals surface area contributed by atoms with Crippen LogP contribution in [0.1, 0.15) is 49.8 Å². The standard InChI is InChI=1S/C16H25N5O3/c1-11-18-19-14(21(11)12-6-7-12)9-17-15(22)10-20-8-4-3-5-13(24-2)16(20)23/h12-13H,3-10H2,1-2H3,(H,17,22). The fraction of sp³-hybridized carbons (Fsp3) is 0.750. The number of amides is 2. The van der Waals surface area contributed by atoms with Crippen molar-refractivity contribution in [2.45, 2.75) is 57.7 Å². The highest BCUT2D eigenvalue weighted by Crippen LogP contribution is 2.36. The molecule has 1 aliphatic carbocycles. The zero-order valence-electron chi connectivity index (χ0n) is 14.3. The van der Waals surface area contributed by atoms with E-state index in [0.717, 1.165) is 43.8 Å². The van der Waals surface area contributed by atoms with E-state index in [1.54, 1.807) is 12.0 Å². The first-order chi connectivity index (χ1) is 11.6. The lowest BCUT2D eigenvalue weighted by molar-refractivity contribution is -0.144. The maximum atomic E-state index is 12.3. The van der Waals surface area contributed by atoms with Gasteiger partial charge in [-0.3, -0.25) is 9.59 Å². The molecule has 8 heteroatoms. The van der Waals surface area contributed by atoms with Gasteiger partial charge in [0.15, 0.2) is 5.82 Å². The van der Waals surface area contributed by atoms with Gasteiger partial charge in [0.1, 0.15) is 11.9 Å². The number of likely N-dealkylation sites (tertiary alicyclic amines) is 1. The van der Waals surface area contributed by atoms with Gasteiger partial charge in [-0.1, -0.05) is 0 Å². The molecule has 1 N–H and O–H groups in total. The Hall–Kier alpha value is -1.96. The quantitative estimate of drug-likeness (QED) is 0.821. The van der Waals surface area contributed by atoms with Gasteiger partial charge in [0.25, 0.3) is 5.91 Å². The molecule has 0 spiro atoms. The van der Waals surface area contributed by atoms with Crippen molar-refractivity contribution in [1.29, 1.82) is 0 Å². The average molecular weight is 335 g/mol. The van der Waals surface area contributed by atoms with Crippen LogP contribution < -0.4 is 5.32 Å². The van der Waals surface area contributed by atoms with Gasteiger partial charge in [-0.15, -0.1) is 10.2 Å². The second-order valence-electron chi connectivity index (χ2n) is 6.52. The molecule has 8 nitrogen and oxygen atoms in total. The number of carbonyl (C=O) groups is 2. The summed E-state index contributed by atoms with van der Waals surface area (Å²) in [4.78, 5) is 26.2. The van der Waals surface area contributed by atoms with Gasteiger partial charge >= 0.3 is 0 Å². The van der Waals surface area contributed by atoms with Gasteiger partial charge in [-0.25, -0.2) is 0 Å². The summed E-state index contributed by atoms with van der Waals surface area (Å²) in [5.41, 5.74) is 0. The SMILES string of the molecule is COC1CCCCN(CC(=O)NCc2nnc(C)n2C2CC2)C1=O. The number of hydrogen-bond donors (Lipinski definition) is 1. The fourth-order valence-corrected chi connectivity index (χ4v) is 3.19. The minimum Gasteiger partial charge on any atom is -0.372 e. The van der Waals surface area contributed by atoms with Gasteiger partial charge in [-0.05, 0) is 39.0 Å². The van der Waals surface area contributed by atoms with Crippen LogP contribution >= 0.6 is 0 Å². The van der Waals surface area contributed by atoms with Gasteiger partial charge in [0.2, 0.25) is 5.91 Å². The minimum atomic E-state index is -0.430. The second-order valence-corrected chi connectivity index (χ2v) is 6.52. The zero-order valence-corrected chi connectivity index (χ0v) is 14.3. The van der Waals surface area contributed by atoms with Crippen molar-refractivity contribution in [3.8, 4) is 0 Å². The number of aromatic nitrogens is 3. The summed E-state index contributed by atoms with van der Waals surface area (Å²) in [7, 11) is 1.54. The highest BCUT2D eigenvalue weighted by molar-refractivity contribution is 5.87. The van der Waals surface area contributed by atoms with Crippen molar-refractivity contribution in [3.63, 3.8) is 0 Å². The first-order valence-corrected chi connectivity index (χ1v) is 8.58. The Kier molecular flexibility index (Phi) is 5.13. The molecule has 0 aromatic carbocycles. The molecule has 0 bridgehead atoms. The Labute approximate surface area is 141 Å². The van der Waals surface area contributed by atoms with Crippen molar-refractivity contribution in [3.05, 3.63) is 11.6 Å². The van der Waals surface area contributed by atoms with Crippen molar-refractivity contribution >= 4 is 11.8 Å². The van der Waals surface area contributed by atoms with Crippen LogP contribution in [-0.2, 0) is 20.9 Å². The first-order valence-electron chi connectivity index (χ1n) is 8.58. The van der Waals surface area contributed by atoms with Crippen LogP contribution in [0.4, 0.5) is 0 Å². The van der Waals surface area contributed by atoms with Gasteiger partial charge in [0, 0.05) is 19.7 Å². The maximum absolute atomic E-state index is 12.3. The highest BCUT2D eigenvalue weighted by atomic mass is 16.5. The van der Waals surface area contributed by atoms with E-state index in [4.69, 9.17) is 4.74 Å². The molecule has 2 amide bonds. The Morgan fingerprint density at radius 1 is 1.29 bits per heavy atom. The number of hydrogen-bond acceptors (Lipinski definition) is 5. The monoisotopic (exact) mass is 335 g/mol. The molecule has 1 unspecified atom stereocenters. The largest absolute Gasteiger partial charge is 0.372 e. The summed E-state index contributed by atoms with van der Waals surface area (Å²) < 4.78 is 7.33. The van der Waals surface area contributed by atoms with Crippen LogP contribution in [0, 0.1) is 6.92 Å². The maximum Gasteiger partial charge on any atom is 0.252 e. The van der Waals surface area contributed by atoms with Crippen molar-refractivity contribution in [2.75, 3.05) is 20.2 Å². The van der Waals surface area contributed by atoms with E-state index < -0.39 is 6.10 Å². The number of carbonyl (C=O) groups excluding carboxylic acids is 2. The van der Waals surface area contributed by atoms with E-state index in [9.17, 15) is 9.59 Å². The highest BCUT2D eigenvalue weighted by Gasteiger charge is 2.29. The molecule has 1 aromatic heterocycles. The molecule has 2 aliphatic rings. The Balaban J connectivity index is 1.54. The van der Waals surface area contributed by atoms with E-state index in [1.807, 2.05) is 6.92 Å². The van der Waals surface area contributed by atoms with Gasteiger partial charge in [-0.2, -0.15) is 0 Å². The predicted octanol–water partition coefficient (Wildman–Crippen LogP) is 0.565. The third kappa shape index (κ3) is 3.75. The number of rotatable bonds is 6. The number of nitrogens with zero attached hydrogens (tertiary/aromatic N) is 4. The molecule has 3 rings (SSSR count). The molecule has 1 saturated carbocycles. The normalized spacial score (nSPS) is 21.7. The predicted molar refractivity (Wildman–Crippen MR) is 86.1 cm³/mol.